The van der Waals surface area contributed by atoms with E-state index in [1.54, 1.807) is 19.1 Å². The Labute approximate surface area is 105 Å². The van der Waals surface area contributed by atoms with Crippen molar-refractivity contribution >= 4 is 23.8 Å². The SMILES string of the molecule is CCOC(=O)C1C=Nc2nc(CC)ccc2C1=O. The highest BCUT2D eigenvalue weighted by Gasteiger charge is 2.32. The second kappa shape index (κ2) is 5.08. The van der Waals surface area contributed by atoms with Crippen LogP contribution in [0.1, 0.15) is 29.9 Å². The number of nitrogens with zero attached hydrogens (tertiary/aromatic N) is 2. The number of aromatic nitrogens is 1. The third-order valence-corrected chi connectivity index (χ3v) is 2.73. The molecule has 0 aliphatic carbocycles. The Morgan fingerprint density at radius 1 is 1.39 bits per heavy atom. The van der Waals surface area contributed by atoms with Crippen LogP contribution in [-0.2, 0) is 16.0 Å². The van der Waals surface area contributed by atoms with Gasteiger partial charge in [-0.15, -0.1) is 0 Å². The van der Waals surface area contributed by atoms with Crippen molar-refractivity contribution in [3.63, 3.8) is 0 Å². The number of aliphatic imine (C=N–C) groups is 1. The average Bonchev–Trinajstić information content (AvgIpc) is 2.38. The van der Waals surface area contributed by atoms with E-state index in [1.807, 2.05) is 6.92 Å². The van der Waals surface area contributed by atoms with E-state index in [0.29, 0.717) is 11.4 Å². The first-order valence-electron chi connectivity index (χ1n) is 5.92. The molecule has 2 rings (SSSR count). The second-order valence-corrected chi connectivity index (χ2v) is 3.90. The van der Waals surface area contributed by atoms with Gasteiger partial charge in [0.15, 0.2) is 17.5 Å². The number of carbonyl (C=O) groups excluding carboxylic acids is 2. The number of ether oxygens (including phenoxy) is 1. The monoisotopic (exact) mass is 246 g/mol. The Bertz CT molecular complexity index is 523. The molecule has 1 aromatic heterocycles. The van der Waals surface area contributed by atoms with Crippen LogP contribution in [0.25, 0.3) is 0 Å². The predicted octanol–water partition coefficient (Wildman–Crippen LogP) is 1.72. The van der Waals surface area contributed by atoms with E-state index in [0.717, 1.165) is 12.1 Å². The Balaban J connectivity index is 2.32. The third kappa shape index (κ3) is 2.16. The molecule has 0 fully saturated rings. The molecule has 0 radical (unpaired) electrons. The van der Waals surface area contributed by atoms with Crippen LogP contribution < -0.4 is 0 Å². The molecule has 0 aromatic carbocycles. The maximum absolute atomic E-state index is 12.1. The maximum atomic E-state index is 12.1. The molecule has 1 atom stereocenters. The topological polar surface area (TPSA) is 68.6 Å². The molecular weight excluding hydrogens is 232 g/mol. The van der Waals surface area contributed by atoms with Crippen LogP contribution in [0.4, 0.5) is 5.82 Å². The zero-order valence-electron chi connectivity index (χ0n) is 10.3. The lowest BCUT2D eigenvalue weighted by Crippen LogP contribution is -2.29. The summed E-state index contributed by atoms with van der Waals surface area (Å²) in [6.07, 6.45) is 2.09. The zero-order chi connectivity index (χ0) is 13.1. The molecule has 94 valence electrons. The molecule has 2 heterocycles. The van der Waals surface area contributed by atoms with Crippen molar-refractivity contribution in [3.8, 4) is 0 Å². The van der Waals surface area contributed by atoms with Crippen LogP contribution >= 0.6 is 0 Å². The molecule has 1 unspecified atom stereocenters. The standard InChI is InChI=1S/C13H14N2O3/c1-3-8-5-6-9-11(16)10(13(17)18-4-2)7-14-12(9)15-8/h5-7,10H,3-4H2,1-2H3. The minimum Gasteiger partial charge on any atom is -0.465 e. The summed E-state index contributed by atoms with van der Waals surface area (Å²) >= 11 is 0. The number of rotatable bonds is 3. The van der Waals surface area contributed by atoms with E-state index in [1.165, 1.54) is 6.21 Å². The highest BCUT2D eigenvalue weighted by Crippen LogP contribution is 2.25. The van der Waals surface area contributed by atoms with Gasteiger partial charge in [0.25, 0.3) is 0 Å². The van der Waals surface area contributed by atoms with E-state index < -0.39 is 11.9 Å². The van der Waals surface area contributed by atoms with E-state index in [2.05, 4.69) is 9.98 Å². The van der Waals surface area contributed by atoms with Gasteiger partial charge in [0.2, 0.25) is 0 Å². The number of hydrogen-bond donors (Lipinski definition) is 0. The Morgan fingerprint density at radius 3 is 2.83 bits per heavy atom. The molecule has 0 amide bonds. The summed E-state index contributed by atoms with van der Waals surface area (Å²) in [6, 6.07) is 3.45. The van der Waals surface area contributed by atoms with Crippen LogP contribution in [0.5, 0.6) is 0 Å². The minimum absolute atomic E-state index is 0.246. The maximum Gasteiger partial charge on any atom is 0.322 e. The van der Waals surface area contributed by atoms with E-state index in [-0.39, 0.29) is 12.4 Å². The van der Waals surface area contributed by atoms with Crippen molar-refractivity contribution in [2.75, 3.05) is 6.61 Å². The predicted molar refractivity (Wildman–Crippen MR) is 66.2 cm³/mol. The van der Waals surface area contributed by atoms with Crippen molar-refractivity contribution in [2.45, 2.75) is 20.3 Å². The quantitative estimate of drug-likeness (QED) is 0.601. The number of pyridine rings is 1. The first-order valence-corrected chi connectivity index (χ1v) is 5.92. The largest absolute Gasteiger partial charge is 0.465 e. The molecule has 1 aromatic rings. The average molecular weight is 246 g/mol. The third-order valence-electron chi connectivity index (χ3n) is 2.73. The zero-order valence-corrected chi connectivity index (χ0v) is 10.3. The highest BCUT2D eigenvalue weighted by atomic mass is 16.5. The fraction of sp³-hybridized carbons (Fsp3) is 0.385. The molecule has 0 saturated carbocycles. The van der Waals surface area contributed by atoms with Crippen molar-refractivity contribution in [1.29, 1.82) is 0 Å². The van der Waals surface area contributed by atoms with Gasteiger partial charge >= 0.3 is 5.97 Å². The van der Waals surface area contributed by atoms with Crippen LogP contribution in [0.3, 0.4) is 0 Å². The van der Waals surface area contributed by atoms with Gasteiger partial charge in [-0.25, -0.2) is 9.98 Å². The fourth-order valence-electron chi connectivity index (χ4n) is 1.76. The van der Waals surface area contributed by atoms with E-state index >= 15 is 0 Å². The number of ketones is 1. The van der Waals surface area contributed by atoms with Crippen LogP contribution in [0.2, 0.25) is 0 Å². The molecule has 0 saturated heterocycles. The van der Waals surface area contributed by atoms with Gasteiger partial charge in [0.05, 0.1) is 12.2 Å². The fourth-order valence-corrected chi connectivity index (χ4v) is 1.76. The summed E-state index contributed by atoms with van der Waals surface area (Å²) in [5.74, 6) is -1.41. The summed E-state index contributed by atoms with van der Waals surface area (Å²) in [6.45, 7) is 3.92. The van der Waals surface area contributed by atoms with Crippen LogP contribution in [0, 0.1) is 5.92 Å². The van der Waals surface area contributed by atoms with Crippen molar-refractivity contribution < 1.29 is 14.3 Å². The molecular formula is C13H14N2O3. The van der Waals surface area contributed by atoms with Gasteiger partial charge in [-0.3, -0.25) is 9.59 Å². The van der Waals surface area contributed by atoms with Gasteiger partial charge < -0.3 is 4.74 Å². The number of esters is 1. The lowest BCUT2D eigenvalue weighted by Gasteiger charge is -2.15. The molecule has 0 N–H and O–H groups in total. The van der Waals surface area contributed by atoms with E-state index in [4.69, 9.17) is 4.74 Å². The van der Waals surface area contributed by atoms with Crippen molar-refractivity contribution in [3.05, 3.63) is 23.4 Å². The number of aryl methyl sites for hydroxylation is 1. The molecule has 0 bridgehead atoms. The minimum atomic E-state index is -0.938. The smallest absolute Gasteiger partial charge is 0.322 e. The molecule has 0 spiro atoms. The van der Waals surface area contributed by atoms with Gasteiger partial charge in [-0.1, -0.05) is 6.92 Å². The molecule has 1 aliphatic heterocycles. The summed E-state index contributed by atoms with van der Waals surface area (Å²) in [7, 11) is 0. The first kappa shape index (κ1) is 12.4. The van der Waals surface area contributed by atoms with Gasteiger partial charge in [-0.2, -0.15) is 0 Å². The summed E-state index contributed by atoms with van der Waals surface area (Å²) < 4.78 is 4.84. The van der Waals surface area contributed by atoms with Gasteiger partial charge in [-0.05, 0) is 25.5 Å². The van der Waals surface area contributed by atoms with Gasteiger partial charge in [0.1, 0.15) is 0 Å². The Kier molecular flexibility index (Phi) is 3.50. The number of carbonyl (C=O) groups is 2. The lowest BCUT2D eigenvalue weighted by atomic mass is 9.96. The first-order chi connectivity index (χ1) is 8.67. The number of fused-ring (bicyclic) bond motifs is 1. The number of Topliss-reactive ketones (excluding diaryl/α,β-unsaturated/α-hetero) is 1. The van der Waals surface area contributed by atoms with Crippen molar-refractivity contribution in [1.82, 2.24) is 4.98 Å². The molecule has 5 nitrogen and oxygen atoms in total. The lowest BCUT2D eigenvalue weighted by molar-refractivity contribution is -0.143. The van der Waals surface area contributed by atoms with Crippen LogP contribution in [0.15, 0.2) is 17.1 Å². The molecule has 1 aliphatic rings. The Morgan fingerprint density at radius 2 is 2.17 bits per heavy atom. The molecule has 18 heavy (non-hydrogen) atoms. The van der Waals surface area contributed by atoms with Crippen molar-refractivity contribution in [2.24, 2.45) is 10.9 Å². The molecule has 5 heteroatoms. The summed E-state index contributed by atoms with van der Waals surface area (Å²) in [4.78, 5) is 32.0. The van der Waals surface area contributed by atoms with E-state index in [9.17, 15) is 9.59 Å². The van der Waals surface area contributed by atoms with Gasteiger partial charge in [0, 0.05) is 11.9 Å². The normalized spacial score (nSPS) is 17.4. The van der Waals surface area contributed by atoms with Crippen LogP contribution in [-0.4, -0.2) is 29.6 Å². The second-order valence-electron chi connectivity index (χ2n) is 3.90. The number of hydrogen-bond acceptors (Lipinski definition) is 5. The highest BCUT2D eigenvalue weighted by molar-refractivity contribution is 6.22. The summed E-state index contributed by atoms with van der Waals surface area (Å²) in [5, 5.41) is 0. The Hall–Kier alpha value is -2.04. The summed E-state index contributed by atoms with van der Waals surface area (Å²) in [5.41, 5.74) is 1.25.